The number of imidazole rings is 1. The van der Waals surface area contributed by atoms with Gasteiger partial charge in [0.25, 0.3) is 0 Å². The first-order valence-corrected chi connectivity index (χ1v) is 8.38. The summed E-state index contributed by atoms with van der Waals surface area (Å²) in [5.41, 5.74) is 2.36. The van der Waals surface area contributed by atoms with E-state index in [-0.39, 0.29) is 0 Å². The van der Waals surface area contributed by atoms with Crippen LogP contribution in [0.3, 0.4) is 0 Å². The molecule has 0 radical (unpaired) electrons. The van der Waals surface area contributed by atoms with Crippen LogP contribution in [0.4, 0.5) is 0 Å². The zero-order valence-electron chi connectivity index (χ0n) is 13.5. The van der Waals surface area contributed by atoms with Gasteiger partial charge in [-0.2, -0.15) is 0 Å². The zero-order chi connectivity index (χ0) is 14.8. The molecule has 0 bridgehead atoms. The van der Waals surface area contributed by atoms with E-state index in [0.29, 0.717) is 6.04 Å². The molecule has 0 aliphatic heterocycles. The van der Waals surface area contributed by atoms with Gasteiger partial charge in [0.05, 0.1) is 17.6 Å². The monoisotopic (exact) mass is 285 g/mol. The third-order valence-corrected chi connectivity index (χ3v) is 5.28. The number of hydrogen-bond acceptors (Lipinski definition) is 2. The van der Waals surface area contributed by atoms with Crippen molar-refractivity contribution in [3.63, 3.8) is 0 Å². The van der Waals surface area contributed by atoms with Gasteiger partial charge in [-0.25, -0.2) is 4.98 Å². The molecule has 1 heterocycles. The number of para-hydroxylation sites is 2. The summed E-state index contributed by atoms with van der Waals surface area (Å²) in [4.78, 5) is 4.81. The van der Waals surface area contributed by atoms with Gasteiger partial charge >= 0.3 is 0 Å². The maximum absolute atomic E-state index is 4.81. The molecule has 2 aromatic rings. The van der Waals surface area contributed by atoms with E-state index in [2.05, 4.69) is 54.9 Å². The second kappa shape index (κ2) is 6.18. The van der Waals surface area contributed by atoms with Crippen LogP contribution < -0.4 is 5.32 Å². The van der Waals surface area contributed by atoms with Crippen molar-refractivity contribution in [1.29, 1.82) is 0 Å². The fourth-order valence-corrected chi connectivity index (χ4v) is 3.71. The van der Waals surface area contributed by atoms with Crippen molar-refractivity contribution in [1.82, 2.24) is 14.9 Å². The van der Waals surface area contributed by atoms with Crippen LogP contribution >= 0.6 is 0 Å². The molecule has 3 nitrogen and oxygen atoms in total. The van der Waals surface area contributed by atoms with Gasteiger partial charge in [-0.3, -0.25) is 0 Å². The van der Waals surface area contributed by atoms with E-state index < -0.39 is 0 Å². The zero-order valence-corrected chi connectivity index (χ0v) is 13.5. The second-order valence-electron chi connectivity index (χ2n) is 6.52. The third-order valence-electron chi connectivity index (χ3n) is 5.28. The number of fused-ring (bicyclic) bond motifs is 1. The Balaban J connectivity index is 1.76. The first kappa shape index (κ1) is 14.6. The van der Waals surface area contributed by atoms with E-state index in [1.165, 1.54) is 30.6 Å². The maximum Gasteiger partial charge on any atom is 0.123 e. The lowest BCUT2D eigenvalue weighted by atomic mass is 9.78. The van der Waals surface area contributed by atoms with Crippen LogP contribution in [0, 0.1) is 11.8 Å². The second-order valence-corrected chi connectivity index (χ2v) is 6.52. The SMILES string of the molecule is CCn1c(CNC2CCCC(C)C2C)nc2ccccc21. The molecule has 21 heavy (non-hydrogen) atoms. The average Bonchev–Trinajstić information content (AvgIpc) is 2.86. The lowest BCUT2D eigenvalue weighted by Gasteiger charge is -2.34. The standard InChI is InChI=1S/C18H27N3/c1-4-21-17-11-6-5-9-16(17)20-18(21)12-19-15-10-7-8-13(2)14(15)3/h5-6,9,11,13-15,19H,4,7-8,10,12H2,1-3H3. The predicted octanol–water partition coefficient (Wildman–Crippen LogP) is 3.97. The van der Waals surface area contributed by atoms with Crippen molar-refractivity contribution in [2.45, 2.75) is 59.2 Å². The number of benzene rings is 1. The average molecular weight is 285 g/mol. The molecule has 1 aromatic heterocycles. The Labute approximate surface area is 127 Å². The molecule has 3 unspecified atom stereocenters. The van der Waals surface area contributed by atoms with Crippen LogP contribution in [0.5, 0.6) is 0 Å². The molecule has 1 saturated carbocycles. The van der Waals surface area contributed by atoms with E-state index in [9.17, 15) is 0 Å². The number of rotatable bonds is 4. The Morgan fingerprint density at radius 2 is 2.05 bits per heavy atom. The number of nitrogens with zero attached hydrogens (tertiary/aromatic N) is 2. The highest BCUT2D eigenvalue weighted by atomic mass is 15.1. The summed E-state index contributed by atoms with van der Waals surface area (Å²) in [5, 5.41) is 3.77. The molecule has 0 spiro atoms. The summed E-state index contributed by atoms with van der Waals surface area (Å²) in [6, 6.07) is 9.07. The quantitative estimate of drug-likeness (QED) is 0.921. The molecule has 1 N–H and O–H groups in total. The first-order valence-electron chi connectivity index (χ1n) is 8.38. The molecular weight excluding hydrogens is 258 g/mol. The molecule has 1 fully saturated rings. The van der Waals surface area contributed by atoms with Crippen molar-refractivity contribution in [2.24, 2.45) is 11.8 Å². The Kier molecular flexibility index (Phi) is 4.29. The van der Waals surface area contributed by atoms with Crippen LogP contribution in [-0.2, 0) is 13.1 Å². The molecule has 0 saturated heterocycles. The third kappa shape index (κ3) is 2.84. The Morgan fingerprint density at radius 1 is 1.24 bits per heavy atom. The Morgan fingerprint density at radius 3 is 2.86 bits per heavy atom. The van der Waals surface area contributed by atoms with Crippen molar-refractivity contribution in [3.05, 3.63) is 30.1 Å². The summed E-state index contributed by atoms with van der Waals surface area (Å²) >= 11 is 0. The smallest absolute Gasteiger partial charge is 0.123 e. The van der Waals surface area contributed by atoms with Crippen LogP contribution in [-0.4, -0.2) is 15.6 Å². The topological polar surface area (TPSA) is 29.9 Å². The number of hydrogen-bond donors (Lipinski definition) is 1. The van der Waals surface area contributed by atoms with Crippen LogP contribution in [0.2, 0.25) is 0 Å². The van der Waals surface area contributed by atoms with E-state index in [4.69, 9.17) is 4.98 Å². The normalized spacial score (nSPS) is 26.3. The van der Waals surface area contributed by atoms with Gasteiger partial charge in [0.15, 0.2) is 0 Å². The van der Waals surface area contributed by atoms with Gasteiger partial charge in [0, 0.05) is 12.6 Å². The van der Waals surface area contributed by atoms with E-state index in [1.807, 2.05) is 0 Å². The summed E-state index contributed by atoms with van der Waals surface area (Å²) in [6.45, 7) is 8.84. The molecule has 3 heteroatoms. The summed E-state index contributed by atoms with van der Waals surface area (Å²) in [5.74, 6) is 2.77. The van der Waals surface area contributed by atoms with Crippen LogP contribution in [0.15, 0.2) is 24.3 Å². The Bertz CT molecular complexity index is 602. The molecule has 1 aliphatic carbocycles. The Hall–Kier alpha value is -1.35. The van der Waals surface area contributed by atoms with Crippen LogP contribution in [0.1, 0.15) is 45.9 Å². The van der Waals surface area contributed by atoms with Gasteiger partial charge in [-0.1, -0.05) is 38.8 Å². The molecule has 1 aliphatic rings. The number of nitrogens with one attached hydrogen (secondary N) is 1. The van der Waals surface area contributed by atoms with E-state index >= 15 is 0 Å². The molecule has 114 valence electrons. The fourth-order valence-electron chi connectivity index (χ4n) is 3.71. The molecular formula is C18H27N3. The van der Waals surface area contributed by atoms with Crippen molar-refractivity contribution >= 4 is 11.0 Å². The minimum absolute atomic E-state index is 0.638. The van der Waals surface area contributed by atoms with Crippen molar-refractivity contribution in [3.8, 4) is 0 Å². The highest BCUT2D eigenvalue weighted by Gasteiger charge is 2.26. The van der Waals surface area contributed by atoms with Gasteiger partial charge in [0.2, 0.25) is 0 Å². The summed E-state index contributed by atoms with van der Waals surface area (Å²) < 4.78 is 2.33. The maximum atomic E-state index is 4.81. The largest absolute Gasteiger partial charge is 0.327 e. The lowest BCUT2D eigenvalue weighted by Crippen LogP contribution is -2.40. The van der Waals surface area contributed by atoms with Crippen molar-refractivity contribution in [2.75, 3.05) is 0 Å². The van der Waals surface area contributed by atoms with E-state index in [1.54, 1.807) is 0 Å². The number of aromatic nitrogens is 2. The molecule has 3 atom stereocenters. The van der Waals surface area contributed by atoms with Crippen LogP contribution in [0.25, 0.3) is 11.0 Å². The van der Waals surface area contributed by atoms with E-state index in [0.717, 1.165) is 30.4 Å². The van der Waals surface area contributed by atoms with Gasteiger partial charge in [0.1, 0.15) is 5.82 Å². The van der Waals surface area contributed by atoms with Gasteiger partial charge in [-0.15, -0.1) is 0 Å². The van der Waals surface area contributed by atoms with Gasteiger partial charge < -0.3 is 9.88 Å². The first-order chi connectivity index (χ1) is 10.2. The van der Waals surface area contributed by atoms with Gasteiger partial charge in [-0.05, 0) is 37.3 Å². The molecule has 0 amide bonds. The number of aryl methyl sites for hydroxylation is 1. The summed E-state index contributed by atoms with van der Waals surface area (Å²) in [7, 11) is 0. The predicted molar refractivity (Wildman–Crippen MR) is 88.2 cm³/mol. The van der Waals surface area contributed by atoms with Crippen molar-refractivity contribution < 1.29 is 0 Å². The molecule has 1 aromatic carbocycles. The minimum Gasteiger partial charge on any atom is -0.327 e. The highest BCUT2D eigenvalue weighted by Crippen LogP contribution is 2.29. The highest BCUT2D eigenvalue weighted by molar-refractivity contribution is 5.75. The lowest BCUT2D eigenvalue weighted by molar-refractivity contribution is 0.204. The molecule has 3 rings (SSSR count). The summed E-state index contributed by atoms with van der Waals surface area (Å²) in [6.07, 6.45) is 4.04. The fraction of sp³-hybridized carbons (Fsp3) is 0.611. The minimum atomic E-state index is 0.638.